The van der Waals surface area contributed by atoms with Gasteiger partial charge in [-0.2, -0.15) is 0 Å². The molecule has 1 aliphatic rings. The van der Waals surface area contributed by atoms with Gasteiger partial charge in [0.05, 0.1) is 0 Å². The number of nitrogens with one attached hydrogen (secondary N) is 1. The number of hydrogen-bond acceptors (Lipinski definition) is 3. The molecule has 0 saturated heterocycles. The van der Waals surface area contributed by atoms with Gasteiger partial charge in [0.1, 0.15) is 6.10 Å². The van der Waals surface area contributed by atoms with Crippen molar-refractivity contribution in [3.05, 3.63) is 70.8 Å². The van der Waals surface area contributed by atoms with E-state index >= 15 is 0 Å². The van der Waals surface area contributed by atoms with Crippen molar-refractivity contribution < 1.29 is 9.53 Å². The molecule has 1 amide bonds. The molecular formula is C19H18N2O2. The first-order valence-corrected chi connectivity index (χ1v) is 7.61. The van der Waals surface area contributed by atoms with Crippen LogP contribution in [0.2, 0.25) is 0 Å². The average molecular weight is 306 g/mol. The maximum atomic E-state index is 12.0. The fourth-order valence-corrected chi connectivity index (χ4v) is 2.61. The normalized spacial score (nSPS) is 15.1. The number of fused-ring (bicyclic) bond motifs is 2. The molecule has 3 N–H and O–H groups in total. The smallest absolute Gasteiger partial charge is 0.407 e. The number of amides is 1. The lowest BCUT2D eigenvalue weighted by molar-refractivity contribution is 0.0975. The van der Waals surface area contributed by atoms with Gasteiger partial charge in [0.25, 0.3) is 0 Å². The molecule has 0 bridgehead atoms. The van der Waals surface area contributed by atoms with Gasteiger partial charge in [-0.3, -0.25) is 0 Å². The average Bonchev–Trinajstić information content (AvgIpc) is 2.57. The van der Waals surface area contributed by atoms with Gasteiger partial charge in [-0.15, -0.1) is 0 Å². The number of hydrogen-bond donors (Lipinski definition) is 2. The Morgan fingerprint density at radius 1 is 1.13 bits per heavy atom. The van der Waals surface area contributed by atoms with E-state index in [4.69, 9.17) is 10.5 Å². The standard InChI is InChI=1S/C19H18N2O2/c20-11-12-21-19(22)23-18-13-16-7-2-1-5-14(16)9-10-15-6-3-4-8-17(15)18/h1-8,18H,11-13,20H2,(H,21,22). The van der Waals surface area contributed by atoms with Gasteiger partial charge in [-0.1, -0.05) is 48.2 Å². The van der Waals surface area contributed by atoms with Crippen LogP contribution in [0.5, 0.6) is 0 Å². The molecule has 2 aromatic carbocycles. The Balaban J connectivity index is 1.96. The second kappa shape index (κ2) is 6.99. The van der Waals surface area contributed by atoms with E-state index in [0.29, 0.717) is 19.5 Å². The van der Waals surface area contributed by atoms with Gasteiger partial charge in [0.2, 0.25) is 0 Å². The predicted molar refractivity (Wildman–Crippen MR) is 88.8 cm³/mol. The molecule has 4 heteroatoms. The van der Waals surface area contributed by atoms with Crippen LogP contribution in [0.1, 0.15) is 28.4 Å². The predicted octanol–water partition coefficient (Wildman–Crippen LogP) is 2.37. The van der Waals surface area contributed by atoms with Gasteiger partial charge in [0.15, 0.2) is 0 Å². The Morgan fingerprint density at radius 2 is 1.83 bits per heavy atom. The molecule has 2 aromatic rings. The summed E-state index contributed by atoms with van der Waals surface area (Å²) in [6.07, 6.45) is -0.237. The molecule has 0 spiro atoms. The lowest BCUT2D eigenvalue weighted by Crippen LogP contribution is -2.31. The van der Waals surface area contributed by atoms with Crippen LogP contribution in [0.4, 0.5) is 4.79 Å². The van der Waals surface area contributed by atoms with E-state index in [9.17, 15) is 4.79 Å². The molecule has 0 aromatic heterocycles. The van der Waals surface area contributed by atoms with Crippen molar-refractivity contribution in [2.75, 3.05) is 13.1 Å². The fourth-order valence-electron chi connectivity index (χ4n) is 2.61. The Morgan fingerprint density at radius 3 is 2.65 bits per heavy atom. The molecule has 23 heavy (non-hydrogen) atoms. The van der Waals surface area contributed by atoms with Gasteiger partial charge < -0.3 is 15.8 Å². The van der Waals surface area contributed by atoms with Crippen LogP contribution in [0.25, 0.3) is 0 Å². The molecule has 1 unspecified atom stereocenters. The summed E-state index contributed by atoms with van der Waals surface area (Å²) in [5, 5.41) is 2.65. The van der Waals surface area contributed by atoms with Crippen LogP contribution in [0.15, 0.2) is 48.5 Å². The Kier molecular flexibility index (Phi) is 4.60. The van der Waals surface area contributed by atoms with Crippen molar-refractivity contribution in [2.45, 2.75) is 12.5 Å². The van der Waals surface area contributed by atoms with E-state index in [1.807, 2.05) is 48.5 Å². The third kappa shape index (κ3) is 3.53. The van der Waals surface area contributed by atoms with Gasteiger partial charge in [-0.05, 0) is 17.7 Å². The molecule has 116 valence electrons. The van der Waals surface area contributed by atoms with Crippen LogP contribution in [-0.2, 0) is 11.2 Å². The van der Waals surface area contributed by atoms with Crippen molar-refractivity contribution >= 4 is 6.09 Å². The lowest BCUT2D eigenvalue weighted by Gasteiger charge is -2.22. The highest BCUT2D eigenvalue weighted by molar-refractivity contribution is 5.68. The van der Waals surface area contributed by atoms with Crippen LogP contribution in [0.3, 0.4) is 0 Å². The van der Waals surface area contributed by atoms with Crippen LogP contribution >= 0.6 is 0 Å². The minimum Gasteiger partial charge on any atom is -0.441 e. The molecule has 0 aliphatic heterocycles. The summed E-state index contributed by atoms with van der Waals surface area (Å²) in [4.78, 5) is 12.0. The second-order valence-electron chi connectivity index (χ2n) is 5.31. The van der Waals surface area contributed by atoms with E-state index in [2.05, 4.69) is 17.2 Å². The monoisotopic (exact) mass is 306 g/mol. The Bertz CT molecular complexity index is 774. The summed E-state index contributed by atoms with van der Waals surface area (Å²) in [7, 11) is 0. The molecule has 0 heterocycles. The first kappa shape index (κ1) is 15.1. The number of nitrogens with two attached hydrogens (primary N) is 1. The van der Waals surface area contributed by atoms with Crippen LogP contribution < -0.4 is 11.1 Å². The Labute approximate surface area is 135 Å². The van der Waals surface area contributed by atoms with Crippen molar-refractivity contribution in [3.8, 4) is 11.8 Å². The van der Waals surface area contributed by atoms with Gasteiger partial charge in [0, 0.05) is 36.2 Å². The number of rotatable bonds is 3. The highest BCUT2D eigenvalue weighted by atomic mass is 16.6. The van der Waals surface area contributed by atoms with Gasteiger partial charge in [-0.25, -0.2) is 4.79 Å². The SMILES string of the molecule is NCCNC(=O)OC1Cc2ccccc2C#Cc2ccccc21. The highest BCUT2D eigenvalue weighted by Gasteiger charge is 2.22. The third-order valence-corrected chi connectivity index (χ3v) is 3.73. The summed E-state index contributed by atoms with van der Waals surface area (Å²) < 4.78 is 5.64. The number of alkyl carbamates (subject to hydrolysis) is 1. The lowest BCUT2D eigenvalue weighted by atomic mass is 9.92. The largest absolute Gasteiger partial charge is 0.441 e. The second-order valence-corrected chi connectivity index (χ2v) is 5.31. The minimum atomic E-state index is -0.457. The summed E-state index contributed by atoms with van der Waals surface area (Å²) in [6.45, 7) is 0.772. The minimum absolute atomic E-state index is 0.375. The zero-order chi connectivity index (χ0) is 16.1. The third-order valence-electron chi connectivity index (χ3n) is 3.73. The molecule has 3 rings (SSSR count). The number of carbonyl (C=O) groups is 1. The van der Waals surface area contributed by atoms with E-state index in [-0.39, 0.29) is 6.10 Å². The molecule has 1 aliphatic carbocycles. The summed E-state index contributed by atoms with van der Waals surface area (Å²) in [5.41, 5.74) is 9.27. The molecule has 0 fully saturated rings. The molecular weight excluding hydrogens is 288 g/mol. The molecule has 1 atom stereocenters. The molecule has 4 nitrogen and oxygen atoms in total. The summed E-state index contributed by atoms with van der Waals surface area (Å²) in [6, 6.07) is 15.7. The number of benzene rings is 2. The van der Waals surface area contributed by atoms with E-state index in [0.717, 1.165) is 22.3 Å². The molecule has 0 saturated carbocycles. The summed E-state index contributed by atoms with van der Waals surface area (Å²) >= 11 is 0. The van der Waals surface area contributed by atoms with Crippen molar-refractivity contribution in [1.29, 1.82) is 0 Å². The van der Waals surface area contributed by atoms with Crippen LogP contribution in [0, 0.1) is 11.8 Å². The van der Waals surface area contributed by atoms with Crippen molar-refractivity contribution in [3.63, 3.8) is 0 Å². The fraction of sp³-hybridized carbons (Fsp3) is 0.211. The topological polar surface area (TPSA) is 64.3 Å². The summed E-state index contributed by atoms with van der Waals surface area (Å²) in [5.74, 6) is 6.39. The Hall–Kier alpha value is -2.77. The van der Waals surface area contributed by atoms with E-state index < -0.39 is 6.09 Å². The van der Waals surface area contributed by atoms with E-state index in [1.165, 1.54) is 0 Å². The maximum Gasteiger partial charge on any atom is 0.407 e. The number of carbonyl (C=O) groups excluding carboxylic acids is 1. The van der Waals surface area contributed by atoms with E-state index in [1.54, 1.807) is 0 Å². The highest BCUT2D eigenvalue weighted by Crippen LogP contribution is 2.28. The maximum absolute atomic E-state index is 12.0. The quantitative estimate of drug-likeness (QED) is 0.856. The van der Waals surface area contributed by atoms with Crippen molar-refractivity contribution in [1.82, 2.24) is 5.32 Å². The number of ether oxygens (including phenoxy) is 1. The first-order valence-electron chi connectivity index (χ1n) is 7.61. The first-order chi connectivity index (χ1) is 11.3. The zero-order valence-electron chi connectivity index (χ0n) is 12.7. The molecule has 0 radical (unpaired) electrons. The van der Waals surface area contributed by atoms with Crippen LogP contribution in [-0.4, -0.2) is 19.2 Å². The zero-order valence-corrected chi connectivity index (χ0v) is 12.7. The van der Waals surface area contributed by atoms with Gasteiger partial charge >= 0.3 is 6.09 Å². The van der Waals surface area contributed by atoms with Crippen molar-refractivity contribution in [2.24, 2.45) is 5.73 Å².